The van der Waals surface area contributed by atoms with Crippen LogP contribution in [0.2, 0.25) is 0 Å². The van der Waals surface area contributed by atoms with E-state index in [-0.39, 0.29) is 5.82 Å². The number of benzene rings is 1. The van der Waals surface area contributed by atoms with Crippen molar-refractivity contribution in [3.63, 3.8) is 0 Å². The van der Waals surface area contributed by atoms with Crippen molar-refractivity contribution in [2.24, 2.45) is 5.73 Å². The molecule has 2 rings (SSSR count). The highest BCUT2D eigenvalue weighted by Gasteiger charge is 2.11. The van der Waals surface area contributed by atoms with Crippen LogP contribution in [0.25, 0.3) is 11.0 Å². The van der Waals surface area contributed by atoms with Crippen LogP contribution < -0.4 is 11.1 Å². The predicted octanol–water partition coefficient (Wildman–Crippen LogP) is 1.34. The molecular formula is C9H10FN3O. The zero-order chi connectivity index (χ0) is 9.97. The minimum absolute atomic E-state index is 0.344. The average Bonchev–Trinajstić information content (AvgIpc) is 2.59. The number of halogens is 1. The van der Waals surface area contributed by atoms with Gasteiger partial charge in [-0.3, -0.25) is 0 Å². The molecule has 74 valence electrons. The van der Waals surface area contributed by atoms with E-state index in [9.17, 15) is 4.39 Å². The standard InChI is InChI=1S/C9H10FN3O/c10-6-2-1-3-7-8(6)9(13-14-7)12-5-4-11/h1-3H,4-5,11H2,(H,12,13). The van der Waals surface area contributed by atoms with Gasteiger partial charge in [-0.05, 0) is 12.1 Å². The molecule has 4 nitrogen and oxygen atoms in total. The summed E-state index contributed by atoms with van der Waals surface area (Å²) >= 11 is 0. The van der Waals surface area contributed by atoms with Gasteiger partial charge in [0, 0.05) is 13.1 Å². The van der Waals surface area contributed by atoms with Crippen LogP contribution in [-0.4, -0.2) is 18.2 Å². The van der Waals surface area contributed by atoms with Gasteiger partial charge in [0.25, 0.3) is 0 Å². The minimum atomic E-state index is -0.344. The van der Waals surface area contributed by atoms with E-state index in [1.54, 1.807) is 12.1 Å². The smallest absolute Gasteiger partial charge is 0.180 e. The van der Waals surface area contributed by atoms with Crippen molar-refractivity contribution in [1.29, 1.82) is 0 Å². The van der Waals surface area contributed by atoms with Gasteiger partial charge in [0.1, 0.15) is 11.2 Å². The Morgan fingerprint density at radius 2 is 2.36 bits per heavy atom. The van der Waals surface area contributed by atoms with Gasteiger partial charge in [0.2, 0.25) is 0 Å². The van der Waals surface area contributed by atoms with Crippen molar-refractivity contribution < 1.29 is 8.91 Å². The molecule has 0 spiro atoms. The van der Waals surface area contributed by atoms with Gasteiger partial charge < -0.3 is 15.6 Å². The molecule has 5 heteroatoms. The van der Waals surface area contributed by atoms with E-state index in [1.165, 1.54) is 6.07 Å². The van der Waals surface area contributed by atoms with E-state index in [2.05, 4.69) is 10.5 Å². The summed E-state index contributed by atoms with van der Waals surface area (Å²) in [5.41, 5.74) is 5.75. The first-order chi connectivity index (χ1) is 6.83. The van der Waals surface area contributed by atoms with Crippen molar-refractivity contribution in [3.8, 4) is 0 Å². The van der Waals surface area contributed by atoms with E-state index < -0.39 is 0 Å². The number of fused-ring (bicyclic) bond motifs is 1. The lowest BCUT2D eigenvalue weighted by molar-refractivity contribution is 0.459. The summed E-state index contributed by atoms with van der Waals surface area (Å²) in [5.74, 6) is 0.0619. The van der Waals surface area contributed by atoms with Gasteiger partial charge in [-0.1, -0.05) is 11.2 Å². The molecule has 0 unspecified atom stereocenters. The number of hydrogen-bond donors (Lipinski definition) is 2. The second-order valence-corrected chi connectivity index (χ2v) is 2.86. The lowest BCUT2D eigenvalue weighted by Gasteiger charge is -1.98. The monoisotopic (exact) mass is 195 g/mol. The molecule has 2 aromatic rings. The van der Waals surface area contributed by atoms with Gasteiger partial charge >= 0.3 is 0 Å². The third-order valence-electron chi connectivity index (χ3n) is 1.88. The SMILES string of the molecule is NCCNc1noc2cccc(F)c12. The van der Waals surface area contributed by atoms with Gasteiger partial charge in [-0.15, -0.1) is 0 Å². The van der Waals surface area contributed by atoms with Crippen molar-refractivity contribution >= 4 is 16.8 Å². The molecule has 0 radical (unpaired) electrons. The molecule has 1 aromatic heterocycles. The lowest BCUT2D eigenvalue weighted by atomic mass is 10.2. The zero-order valence-corrected chi connectivity index (χ0v) is 7.46. The van der Waals surface area contributed by atoms with Crippen LogP contribution in [0.3, 0.4) is 0 Å². The molecule has 0 saturated heterocycles. The predicted molar refractivity (Wildman–Crippen MR) is 51.5 cm³/mol. The van der Waals surface area contributed by atoms with Crippen LogP contribution in [0, 0.1) is 5.82 Å². The molecule has 0 aliphatic heterocycles. The molecule has 0 aliphatic rings. The van der Waals surface area contributed by atoms with Gasteiger partial charge in [-0.2, -0.15) is 0 Å². The molecule has 0 fully saturated rings. The normalized spacial score (nSPS) is 10.7. The number of anilines is 1. The molecule has 0 saturated carbocycles. The van der Waals surface area contributed by atoms with E-state index in [0.717, 1.165) is 0 Å². The second kappa shape index (κ2) is 3.63. The van der Waals surface area contributed by atoms with Crippen LogP contribution in [0.15, 0.2) is 22.7 Å². The first-order valence-corrected chi connectivity index (χ1v) is 4.31. The van der Waals surface area contributed by atoms with E-state index in [0.29, 0.717) is 29.9 Å². The summed E-state index contributed by atoms with van der Waals surface area (Å²) < 4.78 is 18.3. The van der Waals surface area contributed by atoms with E-state index in [4.69, 9.17) is 10.3 Å². The highest BCUT2D eigenvalue weighted by atomic mass is 19.1. The maximum Gasteiger partial charge on any atom is 0.180 e. The maximum absolute atomic E-state index is 13.3. The Morgan fingerprint density at radius 3 is 3.14 bits per heavy atom. The fourth-order valence-electron chi connectivity index (χ4n) is 1.26. The van der Waals surface area contributed by atoms with Gasteiger partial charge in [0.15, 0.2) is 11.4 Å². The Bertz CT molecular complexity index is 441. The molecule has 3 N–H and O–H groups in total. The molecule has 1 heterocycles. The fourth-order valence-corrected chi connectivity index (χ4v) is 1.26. The summed E-state index contributed by atoms with van der Waals surface area (Å²) in [4.78, 5) is 0. The molecule has 0 atom stereocenters. The summed E-state index contributed by atoms with van der Waals surface area (Å²) in [5, 5.41) is 6.98. The van der Waals surface area contributed by atoms with Crippen LogP contribution >= 0.6 is 0 Å². The van der Waals surface area contributed by atoms with Gasteiger partial charge in [-0.25, -0.2) is 4.39 Å². The maximum atomic E-state index is 13.3. The lowest BCUT2D eigenvalue weighted by Crippen LogP contribution is -2.13. The van der Waals surface area contributed by atoms with E-state index in [1.807, 2.05) is 0 Å². The number of aromatic nitrogens is 1. The van der Waals surface area contributed by atoms with Crippen LogP contribution in [0.1, 0.15) is 0 Å². The summed E-state index contributed by atoms with van der Waals surface area (Å²) in [7, 11) is 0. The highest BCUT2D eigenvalue weighted by molar-refractivity contribution is 5.88. The van der Waals surface area contributed by atoms with Crippen LogP contribution in [-0.2, 0) is 0 Å². The molecule has 14 heavy (non-hydrogen) atoms. The second-order valence-electron chi connectivity index (χ2n) is 2.86. The average molecular weight is 195 g/mol. The summed E-state index contributed by atoms with van der Waals surface area (Å²) in [6.45, 7) is 0.999. The number of rotatable bonds is 3. The minimum Gasteiger partial charge on any atom is -0.365 e. The number of nitrogens with two attached hydrogens (primary N) is 1. The van der Waals surface area contributed by atoms with Crippen molar-refractivity contribution in [1.82, 2.24) is 5.16 Å². The topological polar surface area (TPSA) is 64.1 Å². The number of hydrogen-bond acceptors (Lipinski definition) is 4. The molecular weight excluding hydrogens is 185 g/mol. The number of nitrogens with zero attached hydrogens (tertiary/aromatic N) is 1. The van der Waals surface area contributed by atoms with Gasteiger partial charge in [0.05, 0.1) is 0 Å². The molecule has 1 aromatic carbocycles. The third-order valence-corrected chi connectivity index (χ3v) is 1.88. The Morgan fingerprint density at radius 1 is 1.50 bits per heavy atom. The third kappa shape index (κ3) is 1.42. The largest absolute Gasteiger partial charge is 0.365 e. The Kier molecular flexibility index (Phi) is 2.32. The summed E-state index contributed by atoms with van der Waals surface area (Å²) in [6, 6.07) is 4.61. The van der Waals surface area contributed by atoms with Crippen LogP contribution in [0.4, 0.5) is 10.2 Å². The quantitative estimate of drug-likeness (QED) is 0.775. The van der Waals surface area contributed by atoms with Crippen LogP contribution in [0.5, 0.6) is 0 Å². The Hall–Kier alpha value is -1.62. The zero-order valence-electron chi connectivity index (χ0n) is 7.46. The first-order valence-electron chi connectivity index (χ1n) is 4.31. The van der Waals surface area contributed by atoms with Crippen molar-refractivity contribution in [2.75, 3.05) is 18.4 Å². The highest BCUT2D eigenvalue weighted by Crippen LogP contribution is 2.24. The van der Waals surface area contributed by atoms with Crippen molar-refractivity contribution in [2.45, 2.75) is 0 Å². The molecule has 0 amide bonds. The van der Waals surface area contributed by atoms with E-state index >= 15 is 0 Å². The Labute approximate surface area is 79.9 Å². The fraction of sp³-hybridized carbons (Fsp3) is 0.222. The Balaban J connectivity index is 2.45. The summed E-state index contributed by atoms with van der Waals surface area (Å²) in [6.07, 6.45) is 0. The molecule has 0 bridgehead atoms. The molecule has 0 aliphatic carbocycles. The first kappa shape index (κ1) is 8.96. The number of nitrogens with one attached hydrogen (secondary N) is 1. The van der Waals surface area contributed by atoms with Crippen molar-refractivity contribution in [3.05, 3.63) is 24.0 Å².